The molecule has 0 bridgehead atoms. The fourth-order valence-corrected chi connectivity index (χ4v) is 3.88. The number of hydrogen-bond acceptors (Lipinski definition) is 6. The monoisotopic (exact) mass is 451 g/mol. The summed E-state index contributed by atoms with van der Waals surface area (Å²) in [7, 11) is 1.90. The second-order valence-electron chi connectivity index (χ2n) is 8.11. The predicted molar refractivity (Wildman–Crippen MR) is 132 cm³/mol. The number of carbonyl (C=O) groups is 1. The molecule has 0 aliphatic heterocycles. The average Bonchev–Trinajstić information content (AvgIpc) is 3.28. The molecule has 0 fully saturated rings. The Morgan fingerprint density at radius 3 is 2.68 bits per heavy atom. The summed E-state index contributed by atoms with van der Waals surface area (Å²) < 4.78 is 1.81. The van der Waals surface area contributed by atoms with Crippen LogP contribution in [0.3, 0.4) is 0 Å². The SMILES string of the molecule is CNCCCNC(=O)c1ccc(-c2ccc3nnn(Cc4ccc5ncccc5c4)c3n2)cc1. The van der Waals surface area contributed by atoms with Gasteiger partial charge in [-0.25, -0.2) is 9.67 Å². The van der Waals surface area contributed by atoms with Gasteiger partial charge in [0.2, 0.25) is 0 Å². The van der Waals surface area contributed by atoms with E-state index in [1.165, 1.54) is 0 Å². The fourth-order valence-electron chi connectivity index (χ4n) is 3.88. The first-order chi connectivity index (χ1) is 16.7. The molecule has 0 aliphatic rings. The summed E-state index contributed by atoms with van der Waals surface area (Å²) in [6, 6.07) is 21.5. The molecule has 0 saturated heterocycles. The van der Waals surface area contributed by atoms with E-state index in [2.05, 4.69) is 38.1 Å². The van der Waals surface area contributed by atoms with Crippen LogP contribution in [0.15, 0.2) is 72.9 Å². The van der Waals surface area contributed by atoms with Crippen LogP contribution in [-0.2, 0) is 6.54 Å². The number of pyridine rings is 2. The molecular weight excluding hydrogens is 426 g/mol. The Kier molecular flexibility index (Phi) is 6.22. The van der Waals surface area contributed by atoms with E-state index in [0.717, 1.165) is 51.9 Å². The lowest BCUT2D eigenvalue weighted by Crippen LogP contribution is -2.26. The largest absolute Gasteiger partial charge is 0.352 e. The van der Waals surface area contributed by atoms with Crippen LogP contribution in [0.1, 0.15) is 22.3 Å². The molecule has 5 aromatic rings. The van der Waals surface area contributed by atoms with Crippen molar-refractivity contribution < 1.29 is 4.79 Å². The first-order valence-electron chi connectivity index (χ1n) is 11.3. The number of aromatic nitrogens is 5. The first kappa shape index (κ1) is 21.7. The van der Waals surface area contributed by atoms with Gasteiger partial charge in [0.15, 0.2) is 5.65 Å². The summed E-state index contributed by atoms with van der Waals surface area (Å²) in [6.07, 6.45) is 2.69. The van der Waals surface area contributed by atoms with Gasteiger partial charge in [-0.15, -0.1) is 5.10 Å². The van der Waals surface area contributed by atoms with Gasteiger partial charge in [-0.1, -0.05) is 29.5 Å². The molecule has 0 spiro atoms. The number of amides is 1. The predicted octanol–water partition coefficient (Wildman–Crippen LogP) is 3.43. The zero-order valence-corrected chi connectivity index (χ0v) is 18.9. The third kappa shape index (κ3) is 4.62. The summed E-state index contributed by atoms with van der Waals surface area (Å²) in [6.45, 7) is 2.08. The highest BCUT2D eigenvalue weighted by atomic mass is 16.1. The Morgan fingerprint density at radius 2 is 1.82 bits per heavy atom. The highest BCUT2D eigenvalue weighted by molar-refractivity contribution is 5.94. The molecule has 170 valence electrons. The summed E-state index contributed by atoms with van der Waals surface area (Å²) in [5.74, 6) is -0.0704. The van der Waals surface area contributed by atoms with Crippen molar-refractivity contribution in [3.63, 3.8) is 0 Å². The lowest BCUT2D eigenvalue weighted by atomic mass is 10.1. The van der Waals surface area contributed by atoms with Crippen molar-refractivity contribution in [3.05, 3.63) is 84.1 Å². The van der Waals surface area contributed by atoms with Crippen molar-refractivity contribution >= 4 is 28.0 Å². The Hall–Kier alpha value is -4.17. The van der Waals surface area contributed by atoms with E-state index < -0.39 is 0 Å². The van der Waals surface area contributed by atoms with Gasteiger partial charge in [0.1, 0.15) is 5.52 Å². The van der Waals surface area contributed by atoms with Crippen molar-refractivity contribution in [2.24, 2.45) is 0 Å². The molecule has 0 unspecified atom stereocenters. The van der Waals surface area contributed by atoms with Crippen LogP contribution in [0.5, 0.6) is 0 Å². The molecule has 2 aromatic carbocycles. The zero-order chi connectivity index (χ0) is 23.3. The molecule has 2 N–H and O–H groups in total. The minimum absolute atomic E-state index is 0.0704. The minimum Gasteiger partial charge on any atom is -0.352 e. The maximum Gasteiger partial charge on any atom is 0.251 e. The standard InChI is InChI=1S/C26H25N7O/c1-27-13-3-15-29-26(34)20-8-6-19(7-9-20)23-11-12-24-25(30-23)33(32-31-24)17-18-5-10-22-21(16-18)4-2-14-28-22/h2,4-12,14,16,27H,3,13,15,17H2,1H3,(H,29,34). The number of benzene rings is 2. The third-order valence-corrected chi connectivity index (χ3v) is 5.69. The molecule has 8 heteroatoms. The lowest BCUT2D eigenvalue weighted by molar-refractivity contribution is 0.0953. The molecule has 0 radical (unpaired) electrons. The second-order valence-corrected chi connectivity index (χ2v) is 8.11. The number of fused-ring (bicyclic) bond motifs is 2. The Morgan fingerprint density at radius 1 is 0.971 bits per heavy atom. The summed E-state index contributed by atoms with van der Waals surface area (Å²) >= 11 is 0. The van der Waals surface area contributed by atoms with E-state index in [0.29, 0.717) is 18.7 Å². The Labute approximate surface area is 197 Å². The Balaban J connectivity index is 1.35. The smallest absolute Gasteiger partial charge is 0.251 e. The maximum atomic E-state index is 12.3. The van der Waals surface area contributed by atoms with Gasteiger partial charge < -0.3 is 10.6 Å². The lowest BCUT2D eigenvalue weighted by Gasteiger charge is -2.07. The van der Waals surface area contributed by atoms with Crippen LogP contribution in [0.25, 0.3) is 33.3 Å². The van der Waals surface area contributed by atoms with E-state index >= 15 is 0 Å². The molecule has 1 amide bonds. The van der Waals surface area contributed by atoms with Crippen LogP contribution in [0.2, 0.25) is 0 Å². The van der Waals surface area contributed by atoms with Crippen molar-refractivity contribution in [1.82, 2.24) is 35.6 Å². The van der Waals surface area contributed by atoms with Gasteiger partial charge in [-0.05, 0) is 68.0 Å². The van der Waals surface area contributed by atoms with E-state index in [1.807, 2.05) is 66.3 Å². The second kappa shape index (κ2) is 9.76. The van der Waals surface area contributed by atoms with Crippen LogP contribution in [-0.4, -0.2) is 51.0 Å². The molecule has 3 heterocycles. The van der Waals surface area contributed by atoms with Gasteiger partial charge in [0.05, 0.1) is 17.8 Å². The summed E-state index contributed by atoms with van der Waals surface area (Å²) in [5.41, 5.74) is 5.89. The van der Waals surface area contributed by atoms with Crippen LogP contribution in [0.4, 0.5) is 0 Å². The number of hydrogen-bond donors (Lipinski definition) is 2. The van der Waals surface area contributed by atoms with Gasteiger partial charge in [0.25, 0.3) is 5.91 Å². The number of nitrogens with one attached hydrogen (secondary N) is 2. The van der Waals surface area contributed by atoms with Gasteiger partial charge >= 0.3 is 0 Å². The molecular formula is C26H25N7O. The quantitative estimate of drug-likeness (QED) is 0.351. The van der Waals surface area contributed by atoms with Gasteiger partial charge in [-0.2, -0.15) is 0 Å². The highest BCUT2D eigenvalue weighted by Gasteiger charge is 2.11. The molecule has 3 aromatic heterocycles. The molecule has 5 rings (SSSR count). The van der Waals surface area contributed by atoms with Crippen LogP contribution >= 0.6 is 0 Å². The summed E-state index contributed by atoms with van der Waals surface area (Å²) in [5, 5.41) is 15.7. The topological polar surface area (TPSA) is 97.6 Å². The first-order valence-corrected chi connectivity index (χ1v) is 11.3. The van der Waals surface area contributed by atoms with Crippen molar-refractivity contribution in [1.29, 1.82) is 0 Å². The third-order valence-electron chi connectivity index (χ3n) is 5.69. The maximum absolute atomic E-state index is 12.3. The van der Waals surface area contributed by atoms with Gasteiger partial charge in [0, 0.05) is 29.3 Å². The molecule has 34 heavy (non-hydrogen) atoms. The van der Waals surface area contributed by atoms with E-state index in [1.54, 1.807) is 6.20 Å². The number of rotatable bonds is 8. The normalized spacial score (nSPS) is 11.2. The zero-order valence-electron chi connectivity index (χ0n) is 18.9. The van der Waals surface area contributed by atoms with E-state index in [9.17, 15) is 4.79 Å². The fraction of sp³-hybridized carbons (Fsp3) is 0.192. The van der Waals surface area contributed by atoms with E-state index in [-0.39, 0.29) is 5.91 Å². The van der Waals surface area contributed by atoms with Gasteiger partial charge in [-0.3, -0.25) is 9.78 Å². The number of carbonyl (C=O) groups excluding carboxylic acids is 1. The van der Waals surface area contributed by atoms with Crippen molar-refractivity contribution in [3.8, 4) is 11.3 Å². The highest BCUT2D eigenvalue weighted by Crippen LogP contribution is 2.22. The van der Waals surface area contributed by atoms with Crippen LogP contribution < -0.4 is 10.6 Å². The molecule has 8 nitrogen and oxygen atoms in total. The van der Waals surface area contributed by atoms with E-state index in [4.69, 9.17) is 4.98 Å². The van der Waals surface area contributed by atoms with Crippen molar-refractivity contribution in [2.45, 2.75) is 13.0 Å². The number of nitrogens with zero attached hydrogens (tertiary/aromatic N) is 5. The average molecular weight is 452 g/mol. The van der Waals surface area contributed by atoms with Crippen molar-refractivity contribution in [2.75, 3.05) is 20.1 Å². The van der Waals surface area contributed by atoms with Crippen LogP contribution in [0, 0.1) is 0 Å². The molecule has 0 atom stereocenters. The Bertz CT molecular complexity index is 1440. The molecule has 0 aliphatic carbocycles. The minimum atomic E-state index is -0.0704. The summed E-state index contributed by atoms with van der Waals surface area (Å²) in [4.78, 5) is 21.5. The molecule has 0 saturated carbocycles.